The Labute approximate surface area is 91.3 Å². The molecule has 2 rings (SSSR count). The van der Waals surface area contributed by atoms with Gasteiger partial charge in [0.05, 0.1) is 0 Å². The van der Waals surface area contributed by atoms with E-state index in [0.29, 0.717) is 6.04 Å². The molecule has 3 heteroatoms. The lowest BCUT2D eigenvalue weighted by Gasteiger charge is -2.24. The van der Waals surface area contributed by atoms with Gasteiger partial charge in [0.25, 0.3) is 0 Å². The highest BCUT2D eigenvalue weighted by Crippen LogP contribution is 2.16. The first-order chi connectivity index (χ1) is 7.27. The smallest absolute Gasteiger partial charge is 0.115 e. The van der Waals surface area contributed by atoms with Gasteiger partial charge in [-0.3, -0.25) is 0 Å². The summed E-state index contributed by atoms with van der Waals surface area (Å²) < 4.78 is 0. The zero-order valence-corrected chi connectivity index (χ0v) is 9.58. The van der Waals surface area contributed by atoms with Gasteiger partial charge in [-0.15, -0.1) is 0 Å². The Kier molecular flexibility index (Phi) is 3.31. The molecule has 1 saturated heterocycles. The predicted octanol–water partition coefficient (Wildman–Crippen LogP) is 1.78. The van der Waals surface area contributed by atoms with Gasteiger partial charge in [0.15, 0.2) is 0 Å². The summed E-state index contributed by atoms with van der Waals surface area (Å²) >= 11 is 0. The van der Waals surface area contributed by atoms with E-state index in [4.69, 9.17) is 0 Å². The third kappa shape index (κ3) is 2.53. The summed E-state index contributed by atoms with van der Waals surface area (Å²) in [5.74, 6) is 0. The van der Waals surface area contributed by atoms with Gasteiger partial charge in [-0.1, -0.05) is 6.42 Å². The predicted molar refractivity (Wildman–Crippen MR) is 60.9 cm³/mol. The maximum atomic E-state index is 4.27. The normalized spacial score (nSPS) is 21.6. The molecule has 2 heterocycles. The Morgan fingerprint density at radius 1 is 1.27 bits per heavy atom. The van der Waals surface area contributed by atoms with Crippen molar-refractivity contribution in [3.05, 3.63) is 23.3 Å². The topological polar surface area (TPSA) is 37.8 Å². The molecule has 1 aliphatic rings. The van der Waals surface area contributed by atoms with Crippen molar-refractivity contribution in [2.24, 2.45) is 0 Å². The fourth-order valence-corrected chi connectivity index (χ4v) is 2.26. The minimum absolute atomic E-state index is 0.627. The van der Waals surface area contributed by atoms with Crippen LogP contribution in [0.4, 0.5) is 0 Å². The number of nitrogens with one attached hydrogen (secondary N) is 1. The molecule has 15 heavy (non-hydrogen) atoms. The van der Waals surface area contributed by atoms with Gasteiger partial charge >= 0.3 is 0 Å². The summed E-state index contributed by atoms with van der Waals surface area (Å²) in [4.78, 5) is 8.53. The van der Waals surface area contributed by atoms with E-state index < -0.39 is 0 Å². The van der Waals surface area contributed by atoms with E-state index in [0.717, 1.165) is 24.4 Å². The molecule has 0 radical (unpaired) electrons. The molecule has 1 atom stereocenters. The maximum Gasteiger partial charge on any atom is 0.115 e. The van der Waals surface area contributed by atoms with Crippen molar-refractivity contribution in [3.63, 3.8) is 0 Å². The molecule has 0 amide bonds. The molecule has 1 fully saturated rings. The largest absolute Gasteiger partial charge is 0.314 e. The lowest BCUT2D eigenvalue weighted by molar-refractivity contribution is 0.398. The summed E-state index contributed by atoms with van der Waals surface area (Å²) in [6.45, 7) is 5.32. The zero-order valence-electron chi connectivity index (χ0n) is 9.58. The highest BCUT2D eigenvalue weighted by molar-refractivity contribution is 5.23. The van der Waals surface area contributed by atoms with E-state index in [2.05, 4.69) is 29.1 Å². The molecule has 1 aromatic heterocycles. The molecule has 0 saturated carbocycles. The minimum Gasteiger partial charge on any atom is -0.314 e. The van der Waals surface area contributed by atoms with E-state index >= 15 is 0 Å². The van der Waals surface area contributed by atoms with E-state index in [9.17, 15) is 0 Å². The van der Waals surface area contributed by atoms with Crippen LogP contribution in [0.25, 0.3) is 0 Å². The monoisotopic (exact) mass is 205 g/mol. The van der Waals surface area contributed by atoms with Crippen molar-refractivity contribution >= 4 is 0 Å². The molecule has 0 spiro atoms. The van der Waals surface area contributed by atoms with Crippen molar-refractivity contribution in [1.82, 2.24) is 15.3 Å². The Morgan fingerprint density at radius 2 is 2.00 bits per heavy atom. The molecule has 1 aliphatic heterocycles. The Hall–Kier alpha value is -0.960. The van der Waals surface area contributed by atoms with Gasteiger partial charge in [0, 0.05) is 17.4 Å². The first kappa shape index (κ1) is 10.6. The van der Waals surface area contributed by atoms with Crippen molar-refractivity contribution in [2.45, 2.75) is 45.6 Å². The quantitative estimate of drug-likeness (QED) is 0.799. The Bertz CT molecular complexity index is 309. The average molecular weight is 205 g/mol. The van der Waals surface area contributed by atoms with Gasteiger partial charge in [0.2, 0.25) is 0 Å². The van der Waals surface area contributed by atoms with Crippen LogP contribution in [0.3, 0.4) is 0 Å². The second-order valence-corrected chi connectivity index (χ2v) is 4.37. The van der Waals surface area contributed by atoms with Crippen molar-refractivity contribution in [3.8, 4) is 0 Å². The van der Waals surface area contributed by atoms with Crippen molar-refractivity contribution < 1.29 is 0 Å². The van der Waals surface area contributed by atoms with E-state index in [1.54, 1.807) is 6.33 Å². The number of aromatic nitrogens is 2. The van der Waals surface area contributed by atoms with Crippen LogP contribution in [0.15, 0.2) is 6.33 Å². The summed E-state index contributed by atoms with van der Waals surface area (Å²) in [7, 11) is 0. The van der Waals surface area contributed by atoms with E-state index in [1.807, 2.05) is 0 Å². The molecule has 1 aromatic rings. The summed E-state index contributed by atoms with van der Waals surface area (Å²) in [6, 6.07) is 0.627. The number of nitrogens with zero attached hydrogens (tertiary/aromatic N) is 2. The molecule has 0 aliphatic carbocycles. The lowest BCUT2D eigenvalue weighted by atomic mass is 9.96. The fourth-order valence-electron chi connectivity index (χ4n) is 2.26. The Balaban J connectivity index is 2.09. The first-order valence-electron chi connectivity index (χ1n) is 5.78. The highest BCUT2D eigenvalue weighted by atomic mass is 14.9. The average Bonchev–Trinajstić information content (AvgIpc) is 2.25. The SMILES string of the molecule is Cc1ncnc(C)c1CC1CCCCN1. The number of hydrogen-bond acceptors (Lipinski definition) is 3. The second-order valence-electron chi connectivity index (χ2n) is 4.37. The van der Waals surface area contributed by atoms with Crippen LogP contribution < -0.4 is 5.32 Å². The second kappa shape index (κ2) is 4.71. The summed E-state index contributed by atoms with van der Waals surface area (Å²) in [5.41, 5.74) is 3.60. The first-order valence-corrected chi connectivity index (χ1v) is 5.78. The molecular formula is C12H19N3. The third-order valence-corrected chi connectivity index (χ3v) is 3.24. The van der Waals surface area contributed by atoms with Crippen LogP contribution in [-0.4, -0.2) is 22.6 Å². The van der Waals surface area contributed by atoms with Crippen LogP contribution in [0, 0.1) is 13.8 Å². The number of piperidine rings is 1. The molecule has 0 bridgehead atoms. The molecular weight excluding hydrogens is 186 g/mol. The van der Waals surface area contributed by atoms with Crippen LogP contribution in [0.2, 0.25) is 0 Å². The Morgan fingerprint density at radius 3 is 2.60 bits per heavy atom. The maximum absolute atomic E-state index is 4.27. The molecule has 1 N–H and O–H groups in total. The lowest BCUT2D eigenvalue weighted by Crippen LogP contribution is -2.36. The van der Waals surface area contributed by atoms with Crippen LogP contribution in [-0.2, 0) is 6.42 Å². The number of aryl methyl sites for hydroxylation is 2. The van der Waals surface area contributed by atoms with Crippen LogP contribution >= 0.6 is 0 Å². The summed E-state index contributed by atoms with van der Waals surface area (Å²) in [6.07, 6.45) is 6.69. The molecule has 82 valence electrons. The van der Waals surface area contributed by atoms with Crippen LogP contribution in [0.1, 0.15) is 36.2 Å². The third-order valence-electron chi connectivity index (χ3n) is 3.24. The van der Waals surface area contributed by atoms with Crippen LogP contribution in [0.5, 0.6) is 0 Å². The van der Waals surface area contributed by atoms with Gasteiger partial charge < -0.3 is 5.32 Å². The molecule has 1 unspecified atom stereocenters. The fraction of sp³-hybridized carbons (Fsp3) is 0.667. The van der Waals surface area contributed by atoms with Crippen molar-refractivity contribution in [2.75, 3.05) is 6.54 Å². The van der Waals surface area contributed by atoms with Gasteiger partial charge in [-0.2, -0.15) is 0 Å². The van der Waals surface area contributed by atoms with Gasteiger partial charge in [-0.05, 0) is 45.2 Å². The zero-order chi connectivity index (χ0) is 10.7. The summed E-state index contributed by atoms with van der Waals surface area (Å²) in [5, 5.41) is 3.57. The van der Waals surface area contributed by atoms with E-state index in [-0.39, 0.29) is 0 Å². The number of rotatable bonds is 2. The molecule has 3 nitrogen and oxygen atoms in total. The highest BCUT2D eigenvalue weighted by Gasteiger charge is 2.15. The van der Waals surface area contributed by atoms with Gasteiger partial charge in [0.1, 0.15) is 6.33 Å². The van der Waals surface area contributed by atoms with Gasteiger partial charge in [-0.25, -0.2) is 9.97 Å². The minimum atomic E-state index is 0.627. The molecule has 0 aromatic carbocycles. The van der Waals surface area contributed by atoms with Crippen molar-refractivity contribution in [1.29, 1.82) is 0 Å². The standard InChI is InChI=1S/C12H19N3/c1-9-12(10(2)15-8-14-9)7-11-5-3-4-6-13-11/h8,11,13H,3-7H2,1-2H3. The van der Waals surface area contributed by atoms with E-state index in [1.165, 1.54) is 24.8 Å². The number of hydrogen-bond donors (Lipinski definition) is 1.